The van der Waals surface area contributed by atoms with E-state index >= 15 is 0 Å². The Morgan fingerprint density at radius 2 is 1.86 bits per heavy atom. The number of nitrogens with one attached hydrogen (secondary N) is 1. The van der Waals surface area contributed by atoms with Gasteiger partial charge in [0.2, 0.25) is 10.0 Å². The van der Waals surface area contributed by atoms with E-state index in [4.69, 9.17) is 0 Å². The highest BCUT2D eigenvalue weighted by Crippen LogP contribution is 2.35. The smallest absolute Gasteiger partial charge is 0.240 e. The summed E-state index contributed by atoms with van der Waals surface area (Å²) >= 11 is 0. The average Bonchev–Trinajstić information content (AvgIpc) is 2.49. The van der Waals surface area contributed by atoms with E-state index in [1.54, 1.807) is 13.0 Å². The van der Waals surface area contributed by atoms with Crippen LogP contribution < -0.4 is 4.72 Å². The Bertz CT molecular complexity index is 590. The van der Waals surface area contributed by atoms with Crippen LogP contribution in [0.15, 0.2) is 23.1 Å². The molecule has 2 rings (SSSR count). The zero-order chi connectivity index (χ0) is 15.5. The maximum absolute atomic E-state index is 12.5. The number of rotatable bonds is 5. The van der Waals surface area contributed by atoms with Crippen LogP contribution in [0.2, 0.25) is 0 Å². The van der Waals surface area contributed by atoms with Crippen molar-refractivity contribution in [2.24, 2.45) is 5.41 Å². The second-order valence-corrected chi connectivity index (χ2v) is 8.05. The minimum Gasteiger partial charge on any atom is -0.396 e. The van der Waals surface area contributed by atoms with E-state index in [9.17, 15) is 13.5 Å². The zero-order valence-corrected chi connectivity index (χ0v) is 13.7. The van der Waals surface area contributed by atoms with Gasteiger partial charge in [0.05, 0.1) is 4.90 Å². The first kappa shape index (κ1) is 16.5. The molecule has 0 radical (unpaired) electrons. The van der Waals surface area contributed by atoms with Crippen LogP contribution in [0.25, 0.3) is 0 Å². The van der Waals surface area contributed by atoms with Gasteiger partial charge in [-0.2, -0.15) is 0 Å². The lowest BCUT2D eigenvalue weighted by molar-refractivity contribution is 0.0867. The second-order valence-electron chi connectivity index (χ2n) is 6.31. The SMILES string of the molecule is Cc1ccc(C)c(S(=O)(=O)NCC2(CO)CCCCC2)c1. The fourth-order valence-electron chi connectivity index (χ4n) is 3.02. The van der Waals surface area contributed by atoms with Crippen molar-refractivity contribution in [1.29, 1.82) is 0 Å². The molecule has 0 aromatic heterocycles. The molecule has 0 bridgehead atoms. The summed E-state index contributed by atoms with van der Waals surface area (Å²) in [5.41, 5.74) is 1.38. The number of aryl methyl sites for hydroxylation is 2. The molecule has 1 aromatic rings. The average molecular weight is 311 g/mol. The molecule has 118 valence electrons. The number of benzene rings is 1. The van der Waals surface area contributed by atoms with E-state index in [0.29, 0.717) is 11.4 Å². The van der Waals surface area contributed by atoms with E-state index in [-0.39, 0.29) is 12.0 Å². The van der Waals surface area contributed by atoms with Crippen LogP contribution in [0.3, 0.4) is 0 Å². The summed E-state index contributed by atoms with van der Waals surface area (Å²) in [4.78, 5) is 0.339. The summed E-state index contributed by atoms with van der Waals surface area (Å²) in [6, 6.07) is 5.43. The van der Waals surface area contributed by atoms with Gasteiger partial charge >= 0.3 is 0 Å². The first-order chi connectivity index (χ1) is 9.88. The number of sulfonamides is 1. The van der Waals surface area contributed by atoms with Gasteiger partial charge < -0.3 is 5.11 Å². The lowest BCUT2D eigenvalue weighted by Crippen LogP contribution is -2.41. The van der Waals surface area contributed by atoms with Gasteiger partial charge in [-0.05, 0) is 43.9 Å². The lowest BCUT2D eigenvalue weighted by atomic mass is 9.75. The van der Waals surface area contributed by atoms with Crippen LogP contribution in [-0.2, 0) is 10.0 Å². The summed E-state index contributed by atoms with van der Waals surface area (Å²) < 4.78 is 27.7. The van der Waals surface area contributed by atoms with E-state index in [1.165, 1.54) is 6.42 Å². The minimum atomic E-state index is -3.52. The van der Waals surface area contributed by atoms with E-state index in [1.807, 2.05) is 19.1 Å². The van der Waals surface area contributed by atoms with Crippen molar-refractivity contribution < 1.29 is 13.5 Å². The third kappa shape index (κ3) is 3.84. The molecule has 0 atom stereocenters. The number of aliphatic hydroxyl groups excluding tert-OH is 1. The molecule has 1 aromatic carbocycles. The van der Waals surface area contributed by atoms with Crippen LogP contribution in [0.4, 0.5) is 0 Å². The minimum absolute atomic E-state index is 0.0440. The molecule has 1 aliphatic rings. The van der Waals surface area contributed by atoms with Gasteiger partial charge in [0.15, 0.2) is 0 Å². The molecule has 2 N–H and O–H groups in total. The molecular formula is C16H25NO3S. The van der Waals surface area contributed by atoms with E-state index in [0.717, 1.165) is 36.8 Å². The summed E-state index contributed by atoms with van der Waals surface area (Å²) in [5, 5.41) is 9.67. The molecule has 0 aliphatic heterocycles. The molecule has 1 aliphatic carbocycles. The van der Waals surface area contributed by atoms with E-state index < -0.39 is 10.0 Å². The Hall–Kier alpha value is -0.910. The van der Waals surface area contributed by atoms with Crippen LogP contribution in [0.5, 0.6) is 0 Å². The van der Waals surface area contributed by atoms with Crippen LogP contribution >= 0.6 is 0 Å². The predicted molar refractivity (Wildman–Crippen MR) is 83.7 cm³/mol. The predicted octanol–water partition coefficient (Wildman–Crippen LogP) is 2.52. The van der Waals surface area contributed by atoms with Gasteiger partial charge in [-0.15, -0.1) is 0 Å². The van der Waals surface area contributed by atoms with Crippen molar-refractivity contribution in [2.45, 2.75) is 50.8 Å². The molecule has 5 heteroatoms. The van der Waals surface area contributed by atoms with Gasteiger partial charge in [0, 0.05) is 18.6 Å². The molecular weight excluding hydrogens is 286 g/mol. The maximum atomic E-state index is 12.5. The van der Waals surface area contributed by atoms with Crippen molar-refractivity contribution in [1.82, 2.24) is 4.72 Å². The van der Waals surface area contributed by atoms with Gasteiger partial charge in [-0.3, -0.25) is 0 Å². The third-order valence-electron chi connectivity index (χ3n) is 4.52. The van der Waals surface area contributed by atoms with Crippen LogP contribution in [0.1, 0.15) is 43.2 Å². The fourth-order valence-corrected chi connectivity index (χ4v) is 4.50. The van der Waals surface area contributed by atoms with Crippen LogP contribution in [0, 0.1) is 19.3 Å². The molecule has 21 heavy (non-hydrogen) atoms. The monoisotopic (exact) mass is 311 g/mol. The van der Waals surface area contributed by atoms with Gasteiger partial charge in [0.25, 0.3) is 0 Å². The molecule has 0 saturated heterocycles. The van der Waals surface area contributed by atoms with Gasteiger partial charge in [-0.25, -0.2) is 13.1 Å². The molecule has 0 heterocycles. The molecule has 1 fully saturated rings. The fraction of sp³-hybridized carbons (Fsp3) is 0.625. The normalized spacial score (nSPS) is 18.6. The number of hydrogen-bond donors (Lipinski definition) is 2. The lowest BCUT2D eigenvalue weighted by Gasteiger charge is -2.35. The van der Waals surface area contributed by atoms with Crippen molar-refractivity contribution in [3.8, 4) is 0 Å². The van der Waals surface area contributed by atoms with Crippen LogP contribution in [-0.4, -0.2) is 26.7 Å². The molecule has 4 nitrogen and oxygen atoms in total. The first-order valence-corrected chi connectivity index (χ1v) is 9.05. The van der Waals surface area contributed by atoms with Gasteiger partial charge in [0.1, 0.15) is 0 Å². The highest BCUT2D eigenvalue weighted by Gasteiger charge is 2.33. The summed E-state index contributed by atoms with van der Waals surface area (Å²) in [7, 11) is -3.52. The number of hydrogen-bond acceptors (Lipinski definition) is 3. The standard InChI is InChI=1S/C16H25NO3S/c1-13-6-7-14(2)15(10-13)21(19,20)17-11-16(12-18)8-4-3-5-9-16/h6-7,10,17-18H,3-5,8-9,11-12H2,1-2H3. The summed E-state index contributed by atoms with van der Waals surface area (Å²) in [5.74, 6) is 0. The molecule has 0 spiro atoms. The Labute approximate surface area is 127 Å². The second kappa shape index (κ2) is 6.46. The Morgan fingerprint density at radius 3 is 2.48 bits per heavy atom. The highest BCUT2D eigenvalue weighted by molar-refractivity contribution is 7.89. The number of aliphatic hydroxyl groups is 1. The molecule has 0 unspecified atom stereocenters. The zero-order valence-electron chi connectivity index (χ0n) is 12.9. The molecule has 1 saturated carbocycles. The van der Waals surface area contributed by atoms with Crippen molar-refractivity contribution in [2.75, 3.05) is 13.2 Å². The quantitative estimate of drug-likeness (QED) is 0.878. The Balaban J connectivity index is 2.15. The largest absolute Gasteiger partial charge is 0.396 e. The molecule has 0 amide bonds. The Kier molecular flexibility index (Phi) is 5.07. The maximum Gasteiger partial charge on any atom is 0.240 e. The topological polar surface area (TPSA) is 66.4 Å². The summed E-state index contributed by atoms with van der Waals surface area (Å²) in [6.45, 7) is 4.05. The van der Waals surface area contributed by atoms with Gasteiger partial charge in [-0.1, -0.05) is 31.4 Å². The van der Waals surface area contributed by atoms with Crippen molar-refractivity contribution in [3.05, 3.63) is 29.3 Å². The van der Waals surface area contributed by atoms with Crippen molar-refractivity contribution >= 4 is 10.0 Å². The first-order valence-electron chi connectivity index (χ1n) is 7.56. The third-order valence-corrected chi connectivity index (χ3v) is 6.06. The Morgan fingerprint density at radius 1 is 1.19 bits per heavy atom. The van der Waals surface area contributed by atoms with E-state index in [2.05, 4.69) is 4.72 Å². The van der Waals surface area contributed by atoms with Crippen molar-refractivity contribution in [3.63, 3.8) is 0 Å². The highest BCUT2D eigenvalue weighted by atomic mass is 32.2. The summed E-state index contributed by atoms with van der Waals surface area (Å²) in [6.07, 6.45) is 5.07.